The highest BCUT2D eigenvalue weighted by Gasteiger charge is 2.38. The molecule has 0 bridgehead atoms. The minimum atomic E-state index is -0.641. The van der Waals surface area contributed by atoms with Crippen molar-refractivity contribution in [1.29, 1.82) is 0 Å². The second-order valence-electron chi connectivity index (χ2n) is 6.43. The van der Waals surface area contributed by atoms with Gasteiger partial charge >= 0.3 is 6.03 Å². The second kappa shape index (κ2) is 7.39. The summed E-state index contributed by atoms with van der Waals surface area (Å²) in [5.74, 6) is -0.776. The number of amides is 4. The second-order valence-corrected chi connectivity index (χ2v) is 6.43. The van der Waals surface area contributed by atoms with Gasteiger partial charge in [0.05, 0.1) is 0 Å². The summed E-state index contributed by atoms with van der Waals surface area (Å²) in [7, 11) is 0. The van der Waals surface area contributed by atoms with Gasteiger partial charge in [0.2, 0.25) is 5.91 Å². The number of rotatable bonds is 5. The average molecular weight is 351 g/mol. The summed E-state index contributed by atoms with van der Waals surface area (Å²) < 4.78 is 0. The Morgan fingerprint density at radius 1 is 1.04 bits per heavy atom. The van der Waals surface area contributed by atoms with E-state index in [0.29, 0.717) is 12.1 Å². The molecule has 3 rings (SSSR count). The van der Waals surface area contributed by atoms with Crippen molar-refractivity contribution in [2.75, 3.05) is 11.9 Å². The molecule has 0 aliphatic carbocycles. The fraction of sp³-hybridized carbons (Fsp3) is 0.250. The molecule has 1 saturated heterocycles. The van der Waals surface area contributed by atoms with E-state index in [9.17, 15) is 14.4 Å². The van der Waals surface area contributed by atoms with Crippen LogP contribution in [-0.4, -0.2) is 35.3 Å². The summed E-state index contributed by atoms with van der Waals surface area (Å²) in [5, 5.41) is 5.45. The molecular formula is C20H21N3O3. The van der Waals surface area contributed by atoms with Gasteiger partial charge in [0.15, 0.2) is 0 Å². The lowest BCUT2D eigenvalue weighted by Crippen LogP contribution is -2.38. The number of aryl methyl sites for hydroxylation is 2. The van der Waals surface area contributed by atoms with E-state index in [1.807, 2.05) is 62.4 Å². The Labute approximate surface area is 152 Å². The number of urea groups is 1. The molecule has 26 heavy (non-hydrogen) atoms. The molecule has 2 aromatic rings. The average Bonchev–Trinajstić information content (AvgIpc) is 2.87. The molecule has 134 valence electrons. The molecule has 1 aliphatic heterocycles. The number of hydrogen-bond donors (Lipinski definition) is 2. The van der Waals surface area contributed by atoms with E-state index in [2.05, 4.69) is 10.6 Å². The normalized spacial score (nSPS) is 16.5. The molecule has 1 aliphatic rings. The Morgan fingerprint density at radius 3 is 2.35 bits per heavy atom. The molecule has 1 fully saturated rings. The summed E-state index contributed by atoms with van der Waals surface area (Å²) >= 11 is 0. The first-order chi connectivity index (χ1) is 12.5. The minimum absolute atomic E-state index is 0.302. The molecule has 0 spiro atoms. The Balaban J connectivity index is 1.65. The number of imide groups is 1. The molecule has 2 N–H and O–H groups in total. The maximum Gasteiger partial charge on any atom is 0.325 e. The summed E-state index contributed by atoms with van der Waals surface area (Å²) in [6.45, 7) is 3.49. The molecule has 1 unspecified atom stereocenters. The zero-order valence-corrected chi connectivity index (χ0v) is 14.8. The minimum Gasteiger partial charge on any atom is -0.325 e. The smallest absolute Gasteiger partial charge is 0.325 e. The van der Waals surface area contributed by atoms with Crippen molar-refractivity contribution in [1.82, 2.24) is 10.2 Å². The molecule has 1 heterocycles. The predicted molar refractivity (Wildman–Crippen MR) is 98.7 cm³/mol. The molecule has 0 radical (unpaired) electrons. The third-order valence-electron chi connectivity index (χ3n) is 4.44. The fourth-order valence-electron chi connectivity index (χ4n) is 3.05. The van der Waals surface area contributed by atoms with Crippen LogP contribution in [0.4, 0.5) is 10.5 Å². The largest absolute Gasteiger partial charge is 0.325 e. The molecule has 2 aromatic carbocycles. The number of nitrogens with one attached hydrogen (secondary N) is 2. The van der Waals surface area contributed by atoms with Crippen LogP contribution in [0.1, 0.15) is 16.7 Å². The lowest BCUT2D eigenvalue weighted by molar-refractivity contribution is -0.130. The van der Waals surface area contributed by atoms with Crippen LogP contribution in [0, 0.1) is 13.8 Å². The Bertz CT molecular complexity index is 828. The van der Waals surface area contributed by atoms with Crippen molar-refractivity contribution in [2.24, 2.45) is 0 Å². The molecule has 6 nitrogen and oxygen atoms in total. The molecule has 0 saturated carbocycles. The van der Waals surface area contributed by atoms with Crippen molar-refractivity contribution in [3.05, 3.63) is 65.2 Å². The van der Waals surface area contributed by atoms with E-state index in [-0.39, 0.29) is 12.5 Å². The van der Waals surface area contributed by atoms with Crippen LogP contribution in [-0.2, 0) is 16.0 Å². The quantitative estimate of drug-likeness (QED) is 0.812. The number of carbonyl (C=O) groups excluding carboxylic acids is 3. The molecule has 0 aromatic heterocycles. The Kier molecular flexibility index (Phi) is 5.02. The summed E-state index contributed by atoms with van der Waals surface area (Å²) in [4.78, 5) is 37.9. The maximum atomic E-state index is 12.5. The monoisotopic (exact) mass is 351 g/mol. The van der Waals surface area contributed by atoms with Crippen LogP contribution in [0.15, 0.2) is 48.5 Å². The van der Waals surface area contributed by atoms with Crippen LogP contribution in [0.25, 0.3) is 0 Å². The van der Waals surface area contributed by atoms with E-state index < -0.39 is 18.0 Å². The third-order valence-corrected chi connectivity index (χ3v) is 4.44. The van der Waals surface area contributed by atoms with Gasteiger partial charge in [-0.05, 0) is 30.5 Å². The van der Waals surface area contributed by atoms with Gasteiger partial charge in [-0.25, -0.2) is 4.79 Å². The van der Waals surface area contributed by atoms with Crippen LogP contribution >= 0.6 is 0 Å². The zero-order chi connectivity index (χ0) is 18.7. The van der Waals surface area contributed by atoms with Gasteiger partial charge < -0.3 is 10.6 Å². The molecule has 4 amide bonds. The third kappa shape index (κ3) is 3.74. The van der Waals surface area contributed by atoms with Crippen molar-refractivity contribution in [3.63, 3.8) is 0 Å². The maximum absolute atomic E-state index is 12.5. The highest BCUT2D eigenvalue weighted by Crippen LogP contribution is 2.19. The topological polar surface area (TPSA) is 78.5 Å². The van der Waals surface area contributed by atoms with Gasteiger partial charge in [-0.3, -0.25) is 14.5 Å². The van der Waals surface area contributed by atoms with Gasteiger partial charge in [-0.15, -0.1) is 0 Å². The molecular weight excluding hydrogens is 330 g/mol. The first-order valence-electron chi connectivity index (χ1n) is 8.47. The Morgan fingerprint density at radius 2 is 1.69 bits per heavy atom. The number of carbonyl (C=O) groups is 3. The van der Waals surface area contributed by atoms with Gasteiger partial charge in [0.1, 0.15) is 12.6 Å². The standard InChI is InChI=1S/C20H21N3O3/c1-13-7-6-8-14(2)18(13)22-17(24)12-23-19(25)16(21-20(23)26)11-15-9-4-3-5-10-15/h3-10,16H,11-12H2,1-2H3,(H,21,26)(H,22,24). The van der Waals surface area contributed by atoms with Crippen molar-refractivity contribution in [2.45, 2.75) is 26.3 Å². The number of nitrogens with zero attached hydrogens (tertiary/aromatic N) is 1. The van der Waals surface area contributed by atoms with E-state index in [0.717, 1.165) is 21.6 Å². The van der Waals surface area contributed by atoms with E-state index >= 15 is 0 Å². The van der Waals surface area contributed by atoms with E-state index in [1.165, 1.54) is 0 Å². The van der Waals surface area contributed by atoms with Crippen LogP contribution < -0.4 is 10.6 Å². The number of benzene rings is 2. The lowest BCUT2D eigenvalue weighted by atomic mass is 10.1. The van der Waals surface area contributed by atoms with Gasteiger partial charge in [-0.2, -0.15) is 0 Å². The van der Waals surface area contributed by atoms with Crippen molar-refractivity contribution in [3.8, 4) is 0 Å². The fourth-order valence-corrected chi connectivity index (χ4v) is 3.05. The highest BCUT2D eigenvalue weighted by molar-refractivity contribution is 6.08. The molecule has 6 heteroatoms. The zero-order valence-electron chi connectivity index (χ0n) is 14.8. The highest BCUT2D eigenvalue weighted by atomic mass is 16.2. The SMILES string of the molecule is Cc1cccc(C)c1NC(=O)CN1C(=O)NC(Cc2ccccc2)C1=O. The first-order valence-corrected chi connectivity index (χ1v) is 8.47. The van der Waals surface area contributed by atoms with E-state index in [1.54, 1.807) is 0 Å². The summed E-state index contributed by atoms with van der Waals surface area (Å²) in [6.07, 6.45) is 0.403. The van der Waals surface area contributed by atoms with Crippen LogP contribution in [0.5, 0.6) is 0 Å². The first kappa shape index (κ1) is 17.7. The van der Waals surface area contributed by atoms with Crippen LogP contribution in [0.3, 0.4) is 0 Å². The Hall–Kier alpha value is -3.15. The van der Waals surface area contributed by atoms with Gasteiger partial charge in [-0.1, -0.05) is 48.5 Å². The number of para-hydroxylation sites is 1. The van der Waals surface area contributed by atoms with Crippen LogP contribution in [0.2, 0.25) is 0 Å². The summed E-state index contributed by atoms with van der Waals surface area (Å²) in [5.41, 5.74) is 3.52. The lowest BCUT2D eigenvalue weighted by Gasteiger charge is -2.15. The predicted octanol–water partition coefficient (Wildman–Crippen LogP) is 2.41. The van der Waals surface area contributed by atoms with Crippen molar-refractivity contribution >= 4 is 23.5 Å². The van der Waals surface area contributed by atoms with Gasteiger partial charge in [0.25, 0.3) is 5.91 Å². The van der Waals surface area contributed by atoms with Crippen molar-refractivity contribution < 1.29 is 14.4 Å². The number of hydrogen-bond acceptors (Lipinski definition) is 3. The van der Waals surface area contributed by atoms with Gasteiger partial charge in [0, 0.05) is 12.1 Å². The number of anilines is 1. The molecule has 1 atom stereocenters. The summed E-state index contributed by atoms with van der Waals surface area (Å²) in [6, 6.07) is 14.0. The van der Waals surface area contributed by atoms with E-state index in [4.69, 9.17) is 0 Å².